The fourth-order valence-corrected chi connectivity index (χ4v) is 1.68. The average molecular weight is 246 g/mol. The summed E-state index contributed by atoms with van der Waals surface area (Å²) in [4.78, 5) is 25.4. The van der Waals surface area contributed by atoms with Gasteiger partial charge in [-0.05, 0) is 24.3 Å². The van der Waals surface area contributed by atoms with Crippen LogP contribution in [0, 0.1) is 0 Å². The van der Waals surface area contributed by atoms with E-state index in [9.17, 15) is 9.59 Å². The molecular weight excluding hydrogens is 232 g/mol. The summed E-state index contributed by atoms with van der Waals surface area (Å²) in [6.07, 6.45) is 1.65. The maximum atomic E-state index is 11.7. The highest BCUT2D eigenvalue weighted by Gasteiger charge is 2.16. The minimum Gasteiger partial charge on any atom is -0.370 e. The topological polar surface area (TPSA) is 114 Å². The number of hydrogen-bond donors (Lipinski definition) is 4. The Morgan fingerprint density at radius 2 is 2.11 bits per heavy atom. The Kier molecular flexibility index (Phi) is 3.29. The minimum absolute atomic E-state index is 0.168. The summed E-state index contributed by atoms with van der Waals surface area (Å²) in [5, 5.41) is 3.63. The van der Waals surface area contributed by atoms with Crippen molar-refractivity contribution in [3.8, 4) is 0 Å². The van der Waals surface area contributed by atoms with Crippen molar-refractivity contribution < 1.29 is 9.59 Å². The van der Waals surface area contributed by atoms with Crippen molar-refractivity contribution in [2.45, 2.75) is 12.5 Å². The van der Waals surface area contributed by atoms with Crippen LogP contribution in [-0.2, 0) is 9.59 Å². The summed E-state index contributed by atoms with van der Waals surface area (Å²) in [5.41, 5.74) is 12.1. The maximum absolute atomic E-state index is 11.7. The van der Waals surface area contributed by atoms with Crippen LogP contribution < -0.4 is 16.8 Å². The van der Waals surface area contributed by atoms with Gasteiger partial charge in [0.2, 0.25) is 11.8 Å². The second-order valence-electron chi connectivity index (χ2n) is 4.05. The number of carbonyl (C=O) groups excluding carboxylic acids is 2. The van der Waals surface area contributed by atoms with Crippen molar-refractivity contribution >= 4 is 28.4 Å². The molecule has 6 N–H and O–H groups in total. The molecule has 0 aliphatic heterocycles. The van der Waals surface area contributed by atoms with Crippen LogP contribution in [0.25, 0.3) is 10.9 Å². The number of carbonyl (C=O) groups is 2. The SMILES string of the molecule is NC(=O)CC(N)C(=O)Nc1ccc2[nH]ccc2c1. The van der Waals surface area contributed by atoms with Crippen LogP contribution in [0.3, 0.4) is 0 Å². The van der Waals surface area contributed by atoms with Gasteiger partial charge in [-0.3, -0.25) is 9.59 Å². The van der Waals surface area contributed by atoms with Crippen molar-refractivity contribution in [3.05, 3.63) is 30.5 Å². The van der Waals surface area contributed by atoms with E-state index in [1.54, 1.807) is 6.07 Å². The summed E-state index contributed by atoms with van der Waals surface area (Å²) >= 11 is 0. The Balaban J connectivity index is 2.08. The standard InChI is InChI=1S/C12H14N4O2/c13-9(6-11(14)17)12(18)16-8-1-2-10-7(5-8)3-4-15-10/h1-5,9,15H,6,13H2,(H2,14,17)(H,16,18). The van der Waals surface area contributed by atoms with Crippen LogP contribution >= 0.6 is 0 Å². The molecule has 0 bridgehead atoms. The van der Waals surface area contributed by atoms with Gasteiger partial charge in [-0.15, -0.1) is 0 Å². The monoisotopic (exact) mass is 246 g/mol. The Morgan fingerprint density at radius 3 is 2.83 bits per heavy atom. The van der Waals surface area contributed by atoms with Gasteiger partial charge in [0.25, 0.3) is 0 Å². The molecular formula is C12H14N4O2. The van der Waals surface area contributed by atoms with Gasteiger partial charge in [0, 0.05) is 22.8 Å². The third-order valence-corrected chi connectivity index (χ3v) is 2.58. The lowest BCUT2D eigenvalue weighted by molar-refractivity contribution is -0.123. The van der Waals surface area contributed by atoms with Crippen molar-refractivity contribution in [3.63, 3.8) is 0 Å². The number of aromatic amines is 1. The van der Waals surface area contributed by atoms with E-state index in [4.69, 9.17) is 11.5 Å². The highest BCUT2D eigenvalue weighted by atomic mass is 16.2. The fraction of sp³-hybridized carbons (Fsp3) is 0.167. The van der Waals surface area contributed by atoms with Crippen LogP contribution in [0.15, 0.2) is 30.5 Å². The van der Waals surface area contributed by atoms with Crippen molar-refractivity contribution in [1.82, 2.24) is 4.98 Å². The smallest absolute Gasteiger partial charge is 0.241 e. The molecule has 2 amide bonds. The van der Waals surface area contributed by atoms with Gasteiger partial charge in [-0.25, -0.2) is 0 Å². The van der Waals surface area contributed by atoms with Gasteiger partial charge >= 0.3 is 0 Å². The summed E-state index contributed by atoms with van der Waals surface area (Å²) < 4.78 is 0. The first-order chi connectivity index (χ1) is 8.56. The number of hydrogen-bond acceptors (Lipinski definition) is 3. The zero-order valence-corrected chi connectivity index (χ0v) is 9.64. The summed E-state index contributed by atoms with van der Waals surface area (Å²) in [6, 6.07) is 6.40. The van der Waals surface area contributed by atoms with Crippen LogP contribution in [0.4, 0.5) is 5.69 Å². The minimum atomic E-state index is -0.926. The number of anilines is 1. The van der Waals surface area contributed by atoms with Gasteiger partial charge in [-0.1, -0.05) is 0 Å². The fourth-order valence-electron chi connectivity index (χ4n) is 1.68. The van der Waals surface area contributed by atoms with E-state index in [0.717, 1.165) is 10.9 Å². The largest absolute Gasteiger partial charge is 0.370 e. The molecule has 0 radical (unpaired) electrons. The van der Waals surface area contributed by atoms with E-state index in [2.05, 4.69) is 10.3 Å². The Bertz CT molecular complexity index is 591. The number of H-pyrrole nitrogens is 1. The predicted octanol–water partition coefficient (Wildman–Crippen LogP) is 0.309. The molecule has 6 heteroatoms. The van der Waals surface area contributed by atoms with Gasteiger partial charge < -0.3 is 21.8 Å². The molecule has 1 heterocycles. The van der Waals surface area contributed by atoms with Crippen LogP contribution in [-0.4, -0.2) is 22.8 Å². The number of nitrogens with one attached hydrogen (secondary N) is 2. The molecule has 0 saturated carbocycles. The second kappa shape index (κ2) is 4.89. The zero-order chi connectivity index (χ0) is 13.1. The van der Waals surface area contributed by atoms with Crippen LogP contribution in [0.2, 0.25) is 0 Å². The first-order valence-corrected chi connectivity index (χ1v) is 5.48. The molecule has 1 aromatic carbocycles. The summed E-state index contributed by atoms with van der Waals surface area (Å²) in [7, 11) is 0. The molecule has 0 aliphatic carbocycles. The molecule has 0 aliphatic rings. The van der Waals surface area contributed by atoms with E-state index in [0.29, 0.717) is 5.69 Å². The Hall–Kier alpha value is -2.34. The lowest BCUT2D eigenvalue weighted by Gasteiger charge is -2.10. The number of amides is 2. The highest BCUT2D eigenvalue weighted by molar-refractivity contribution is 5.98. The molecule has 1 unspecified atom stereocenters. The van der Waals surface area contributed by atoms with Gasteiger partial charge in [0.1, 0.15) is 0 Å². The quantitative estimate of drug-likeness (QED) is 0.622. The van der Waals surface area contributed by atoms with Gasteiger partial charge in [0.15, 0.2) is 0 Å². The Morgan fingerprint density at radius 1 is 1.33 bits per heavy atom. The number of nitrogens with two attached hydrogens (primary N) is 2. The first-order valence-electron chi connectivity index (χ1n) is 5.48. The molecule has 1 atom stereocenters. The molecule has 0 saturated heterocycles. The van der Waals surface area contributed by atoms with E-state index in [1.165, 1.54) is 0 Å². The zero-order valence-electron chi connectivity index (χ0n) is 9.64. The molecule has 0 fully saturated rings. The molecule has 6 nitrogen and oxygen atoms in total. The second-order valence-corrected chi connectivity index (χ2v) is 4.05. The van der Waals surface area contributed by atoms with E-state index >= 15 is 0 Å². The number of primary amides is 1. The number of fused-ring (bicyclic) bond motifs is 1. The molecule has 0 spiro atoms. The summed E-state index contributed by atoms with van der Waals surface area (Å²) in [6.45, 7) is 0. The summed E-state index contributed by atoms with van der Waals surface area (Å²) in [5.74, 6) is -1.03. The predicted molar refractivity (Wildman–Crippen MR) is 68.7 cm³/mol. The number of benzene rings is 1. The van der Waals surface area contributed by atoms with Crippen LogP contribution in [0.1, 0.15) is 6.42 Å². The van der Waals surface area contributed by atoms with Crippen molar-refractivity contribution in [2.75, 3.05) is 5.32 Å². The lowest BCUT2D eigenvalue weighted by atomic mass is 10.2. The molecule has 1 aromatic heterocycles. The molecule has 2 aromatic rings. The van der Waals surface area contributed by atoms with Crippen molar-refractivity contribution in [1.29, 1.82) is 0 Å². The third kappa shape index (κ3) is 2.67. The number of aromatic nitrogens is 1. The molecule has 94 valence electrons. The number of rotatable bonds is 4. The normalized spacial score (nSPS) is 12.3. The molecule has 2 rings (SSSR count). The third-order valence-electron chi connectivity index (χ3n) is 2.58. The van der Waals surface area contributed by atoms with Gasteiger partial charge in [-0.2, -0.15) is 0 Å². The van der Waals surface area contributed by atoms with E-state index in [1.807, 2.05) is 24.4 Å². The lowest BCUT2D eigenvalue weighted by Crippen LogP contribution is -2.38. The van der Waals surface area contributed by atoms with Crippen molar-refractivity contribution in [2.24, 2.45) is 11.5 Å². The molecule has 18 heavy (non-hydrogen) atoms. The average Bonchev–Trinajstić information content (AvgIpc) is 2.75. The van der Waals surface area contributed by atoms with E-state index in [-0.39, 0.29) is 6.42 Å². The Labute approximate surface area is 103 Å². The maximum Gasteiger partial charge on any atom is 0.241 e. The first kappa shape index (κ1) is 12.1. The van der Waals surface area contributed by atoms with Crippen LogP contribution in [0.5, 0.6) is 0 Å². The highest BCUT2D eigenvalue weighted by Crippen LogP contribution is 2.17. The van der Waals surface area contributed by atoms with Gasteiger partial charge in [0.05, 0.1) is 12.5 Å². The van der Waals surface area contributed by atoms with E-state index < -0.39 is 17.9 Å².